The minimum atomic E-state index is -3.58. The molecule has 0 radical (unpaired) electrons. The standard InChI is InChI=1S/C18H28BrNO4S/c1-13(2)6-5-7-14(3)20-18(21)12-25(22,23)11-15-10-16(19)8-9-17(15)24-4/h8-10,13-14H,5-7,11-12H2,1-4H3,(H,20,21). The maximum Gasteiger partial charge on any atom is 0.235 e. The highest BCUT2D eigenvalue weighted by atomic mass is 79.9. The summed E-state index contributed by atoms with van der Waals surface area (Å²) < 4.78 is 30.6. The molecule has 0 aliphatic carbocycles. The van der Waals surface area contributed by atoms with E-state index >= 15 is 0 Å². The Kier molecular flexibility index (Phi) is 8.93. The Morgan fingerprint density at radius 1 is 1.24 bits per heavy atom. The van der Waals surface area contributed by atoms with Crippen LogP contribution in [0.5, 0.6) is 5.75 Å². The second-order valence-corrected chi connectivity index (χ2v) is 9.76. The molecule has 1 aromatic carbocycles. The van der Waals surface area contributed by atoms with Gasteiger partial charge in [-0.15, -0.1) is 0 Å². The van der Waals surface area contributed by atoms with Gasteiger partial charge in [0.05, 0.1) is 12.9 Å². The number of amides is 1. The van der Waals surface area contributed by atoms with Crippen molar-refractivity contribution >= 4 is 31.7 Å². The first-order valence-corrected chi connectivity index (χ1v) is 11.1. The molecule has 0 aromatic heterocycles. The number of hydrogen-bond acceptors (Lipinski definition) is 4. The lowest BCUT2D eigenvalue weighted by Gasteiger charge is -2.15. The van der Waals surface area contributed by atoms with Gasteiger partial charge < -0.3 is 10.1 Å². The summed E-state index contributed by atoms with van der Waals surface area (Å²) >= 11 is 3.32. The van der Waals surface area contributed by atoms with Crippen LogP contribution >= 0.6 is 15.9 Å². The predicted molar refractivity (Wildman–Crippen MR) is 104 cm³/mol. The molecule has 25 heavy (non-hydrogen) atoms. The van der Waals surface area contributed by atoms with Crippen LogP contribution in [0.15, 0.2) is 22.7 Å². The molecule has 1 N–H and O–H groups in total. The highest BCUT2D eigenvalue weighted by Crippen LogP contribution is 2.25. The van der Waals surface area contributed by atoms with Gasteiger partial charge in [0.25, 0.3) is 0 Å². The molecule has 0 heterocycles. The van der Waals surface area contributed by atoms with Crippen LogP contribution < -0.4 is 10.1 Å². The summed E-state index contributed by atoms with van der Waals surface area (Å²) in [4.78, 5) is 12.0. The number of rotatable bonds is 10. The lowest BCUT2D eigenvalue weighted by molar-refractivity contribution is -0.119. The number of ether oxygens (including phenoxy) is 1. The first kappa shape index (κ1) is 22.0. The highest BCUT2D eigenvalue weighted by molar-refractivity contribution is 9.10. The first-order chi connectivity index (χ1) is 11.6. The summed E-state index contributed by atoms with van der Waals surface area (Å²) in [7, 11) is -2.08. The third-order valence-corrected chi connectivity index (χ3v) is 5.74. The van der Waals surface area contributed by atoms with Gasteiger partial charge in [0.15, 0.2) is 9.84 Å². The molecule has 0 spiro atoms. The van der Waals surface area contributed by atoms with E-state index in [-0.39, 0.29) is 11.8 Å². The van der Waals surface area contributed by atoms with Crippen LogP contribution in [-0.2, 0) is 20.4 Å². The Bertz CT molecular complexity index is 674. The zero-order valence-electron chi connectivity index (χ0n) is 15.3. The highest BCUT2D eigenvalue weighted by Gasteiger charge is 2.20. The second-order valence-electron chi connectivity index (χ2n) is 6.78. The molecular formula is C18H28BrNO4S. The molecule has 1 amide bonds. The van der Waals surface area contributed by atoms with Crippen LogP contribution in [0.25, 0.3) is 0 Å². The van der Waals surface area contributed by atoms with Gasteiger partial charge in [0, 0.05) is 16.1 Å². The molecule has 142 valence electrons. The van der Waals surface area contributed by atoms with Crippen molar-refractivity contribution in [3.8, 4) is 5.75 Å². The van der Waals surface area contributed by atoms with Gasteiger partial charge in [-0.1, -0.05) is 42.6 Å². The quantitative estimate of drug-likeness (QED) is 0.610. The number of benzene rings is 1. The van der Waals surface area contributed by atoms with Crippen LogP contribution in [0.4, 0.5) is 0 Å². The minimum absolute atomic E-state index is 0.0261. The van der Waals surface area contributed by atoms with Crippen molar-refractivity contribution in [2.75, 3.05) is 12.9 Å². The second kappa shape index (κ2) is 10.2. The van der Waals surface area contributed by atoms with Gasteiger partial charge in [0.1, 0.15) is 11.5 Å². The Balaban J connectivity index is 2.60. The average Bonchev–Trinajstić information content (AvgIpc) is 2.45. The molecule has 1 unspecified atom stereocenters. The first-order valence-electron chi connectivity index (χ1n) is 8.45. The lowest BCUT2D eigenvalue weighted by Crippen LogP contribution is -2.37. The van der Waals surface area contributed by atoms with Crippen molar-refractivity contribution < 1.29 is 17.9 Å². The van der Waals surface area contributed by atoms with Crippen molar-refractivity contribution in [1.29, 1.82) is 0 Å². The van der Waals surface area contributed by atoms with Crippen molar-refractivity contribution in [1.82, 2.24) is 5.32 Å². The minimum Gasteiger partial charge on any atom is -0.496 e. The molecule has 0 aliphatic rings. The van der Waals surface area contributed by atoms with Crippen molar-refractivity contribution in [2.24, 2.45) is 5.92 Å². The van der Waals surface area contributed by atoms with Gasteiger partial charge in [-0.05, 0) is 37.5 Å². The lowest BCUT2D eigenvalue weighted by atomic mass is 10.0. The van der Waals surface area contributed by atoms with E-state index in [1.807, 2.05) is 6.92 Å². The van der Waals surface area contributed by atoms with Gasteiger partial charge in [-0.3, -0.25) is 4.79 Å². The summed E-state index contributed by atoms with van der Waals surface area (Å²) in [5.41, 5.74) is 0.537. The van der Waals surface area contributed by atoms with E-state index in [2.05, 4.69) is 35.1 Å². The summed E-state index contributed by atoms with van der Waals surface area (Å²) in [5.74, 6) is -0.0780. The van der Waals surface area contributed by atoms with Crippen LogP contribution in [0.2, 0.25) is 0 Å². The van der Waals surface area contributed by atoms with E-state index < -0.39 is 21.5 Å². The predicted octanol–water partition coefficient (Wildman–Crippen LogP) is 3.70. The van der Waals surface area contributed by atoms with Crippen LogP contribution in [-0.4, -0.2) is 33.2 Å². The fourth-order valence-corrected chi connectivity index (χ4v) is 4.26. The summed E-state index contributed by atoms with van der Waals surface area (Å²) in [6, 6.07) is 5.15. The van der Waals surface area contributed by atoms with Crippen molar-refractivity contribution in [3.05, 3.63) is 28.2 Å². The Morgan fingerprint density at radius 3 is 2.52 bits per heavy atom. The zero-order valence-corrected chi connectivity index (χ0v) is 17.7. The van der Waals surface area contributed by atoms with E-state index in [0.717, 1.165) is 23.7 Å². The van der Waals surface area contributed by atoms with Gasteiger partial charge >= 0.3 is 0 Å². The van der Waals surface area contributed by atoms with E-state index in [0.29, 0.717) is 17.2 Å². The number of methoxy groups -OCH3 is 1. The summed E-state index contributed by atoms with van der Waals surface area (Å²) in [5, 5.41) is 2.78. The van der Waals surface area contributed by atoms with Gasteiger partial charge in [0.2, 0.25) is 5.91 Å². The molecule has 5 nitrogen and oxygen atoms in total. The number of hydrogen-bond donors (Lipinski definition) is 1. The van der Waals surface area contributed by atoms with E-state index in [1.165, 1.54) is 7.11 Å². The Morgan fingerprint density at radius 2 is 1.92 bits per heavy atom. The molecule has 0 saturated carbocycles. The third-order valence-electron chi connectivity index (χ3n) is 3.79. The van der Waals surface area contributed by atoms with E-state index in [9.17, 15) is 13.2 Å². The van der Waals surface area contributed by atoms with Gasteiger partial charge in [-0.2, -0.15) is 0 Å². The fourth-order valence-electron chi connectivity index (χ4n) is 2.57. The van der Waals surface area contributed by atoms with Crippen molar-refractivity contribution in [3.63, 3.8) is 0 Å². The molecule has 1 aromatic rings. The SMILES string of the molecule is COc1ccc(Br)cc1CS(=O)(=O)CC(=O)NC(C)CCCC(C)C. The number of sulfone groups is 1. The van der Waals surface area contributed by atoms with E-state index in [1.54, 1.807) is 18.2 Å². The number of halogens is 1. The van der Waals surface area contributed by atoms with Crippen LogP contribution in [0, 0.1) is 5.92 Å². The van der Waals surface area contributed by atoms with Crippen molar-refractivity contribution in [2.45, 2.75) is 51.8 Å². The van der Waals surface area contributed by atoms with E-state index in [4.69, 9.17) is 4.74 Å². The number of nitrogens with one attached hydrogen (secondary N) is 1. The fraction of sp³-hybridized carbons (Fsp3) is 0.611. The van der Waals surface area contributed by atoms with Gasteiger partial charge in [-0.25, -0.2) is 8.42 Å². The monoisotopic (exact) mass is 433 g/mol. The molecule has 7 heteroatoms. The Labute approximate surface area is 159 Å². The maximum absolute atomic E-state index is 12.3. The Hall–Kier alpha value is -1.08. The molecule has 0 fully saturated rings. The van der Waals surface area contributed by atoms with Crippen LogP contribution in [0.3, 0.4) is 0 Å². The smallest absolute Gasteiger partial charge is 0.235 e. The maximum atomic E-state index is 12.3. The van der Waals surface area contributed by atoms with Crippen LogP contribution in [0.1, 0.15) is 45.6 Å². The molecule has 0 bridgehead atoms. The molecule has 0 aliphatic heterocycles. The zero-order chi connectivity index (χ0) is 19.0. The normalized spacial score (nSPS) is 12.9. The number of carbonyl (C=O) groups excluding carboxylic acids is 1. The largest absolute Gasteiger partial charge is 0.496 e. The molecule has 0 saturated heterocycles. The molecule has 1 rings (SSSR count). The topological polar surface area (TPSA) is 72.5 Å². The summed E-state index contributed by atoms with van der Waals surface area (Å²) in [6.07, 6.45) is 2.96. The molecular weight excluding hydrogens is 406 g/mol. The third kappa shape index (κ3) is 8.72. The summed E-state index contributed by atoms with van der Waals surface area (Å²) in [6.45, 7) is 6.22. The molecule has 1 atom stereocenters. The number of carbonyl (C=O) groups is 1. The average molecular weight is 434 g/mol.